The first-order chi connectivity index (χ1) is 13.1. The Bertz CT molecular complexity index is 634. The van der Waals surface area contributed by atoms with E-state index in [1.807, 2.05) is 0 Å². The zero-order chi connectivity index (χ0) is 19.1. The molecule has 2 amide bonds. The van der Waals surface area contributed by atoms with Gasteiger partial charge >= 0.3 is 0 Å². The van der Waals surface area contributed by atoms with E-state index in [1.165, 1.54) is 31.5 Å². The lowest BCUT2D eigenvalue weighted by atomic mass is 9.98. The number of piperidine rings is 1. The third-order valence-electron chi connectivity index (χ3n) is 5.59. The Kier molecular flexibility index (Phi) is 7.27. The second-order valence-corrected chi connectivity index (χ2v) is 8.22. The van der Waals surface area contributed by atoms with Gasteiger partial charge in [0.2, 0.25) is 11.8 Å². The zero-order valence-corrected chi connectivity index (χ0v) is 16.5. The van der Waals surface area contributed by atoms with Crippen LogP contribution < -0.4 is 10.6 Å². The zero-order valence-electron chi connectivity index (χ0n) is 16.5. The molecule has 1 saturated carbocycles. The van der Waals surface area contributed by atoms with Crippen LogP contribution in [0.3, 0.4) is 0 Å². The maximum atomic E-state index is 12.0. The number of carbonyl (C=O) groups excluding carboxylic acids is 2. The quantitative estimate of drug-likeness (QED) is 0.656. The van der Waals surface area contributed by atoms with E-state index in [0.717, 1.165) is 30.9 Å². The number of nitrogens with zero attached hydrogens (tertiary/aromatic N) is 1. The van der Waals surface area contributed by atoms with Crippen molar-refractivity contribution < 1.29 is 9.59 Å². The Morgan fingerprint density at radius 3 is 2.56 bits per heavy atom. The summed E-state index contributed by atoms with van der Waals surface area (Å²) in [6, 6.07) is 8.52. The predicted molar refractivity (Wildman–Crippen MR) is 107 cm³/mol. The molecule has 2 N–H and O–H groups in total. The molecule has 1 aliphatic heterocycles. The largest absolute Gasteiger partial charge is 0.356 e. The molecule has 27 heavy (non-hydrogen) atoms. The van der Waals surface area contributed by atoms with Gasteiger partial charge in [-0.2, -0.15) is 0 Å². The van der Waals surface area contributed by atoms with Gasteiger partial charge in [-0.15, -0.1) is 0 Å². The smallest absolute Gasteiger partial charge is 0.223 e. The van der Waals surface area contributed by atoms with Crippen molar-refractivity contribution in [2.75, 3.05) is 19.6 Å². The van der Waals surface area contributed by atoms with Gasteiger partial charge in [0, 0.05) is 32.0 Å². The molecule has 0 radical (unpaired) electrons. The fourth-order valence-electron chi connectivity index (χ4n) is 3.56. The van der Waals surface area contributed by atoms with E-state index >= 15 is 0 Å². The summed E-state index contributed by atoms with van der Waals surface area (Å²) in [7, 11) is 0. The Hall–Kier alpha value is -1.88. The molecular weight excluding hydrogens is 338 g/mol. The van der Waals surface area contributed by atoms with Gasteiger partial charge in [0.05, 0.1) is 0 Å². The highest BCUT2D eigenvalue weighted by Crippen LogP contribution is 2.28. The highest BCUT2D eigenvalue weighted by molar-refractivity contribution is 5.81. The topological polar surface area (TPSA) is 61.4 Å². The lowest BCUT2D eigenvalue weighted by Gasteiger charge is -2.30. The molecule has 2 fully saturated rings. The predicted octanol–water partition coefficient (Wildman–Crippen LogP) is 2.84. The van der Waals surface area contributed by atoms with Gasteiger partial charge in [-0.1, -0.05) is 31.2 Å². The fourth-order valence-corrected chi connectivity index (χ4v) is 3.56. The Labute approximate surface area is 162 Å². The molecule has 2 aliphatic rings. The number of benzene rings is 1. The average molecular weight is 372 g/mol. The average Bonchev–Trinajstić information content (AvgIpc) is 3.51. The standard InChI is InChI=1S/C22H33N3O2/c1-17-9-12-25(13-10-17)16-19-5-2-4-18(14-19)15-24-21(26)6-3-11-23-22(27)20-7-8-20/h2,4-5,14,17,20H,3,6-13,15-16H2,1H3,(H,23,27)(H,24,26). The van der Waals surface area contributed by atoms with E-state index in [4.69, 9.17) is 0 Å². The molecule has 0 bridgehead atoms. The number of likely N-dealkylation sites (tertiary alicyclic amines) is 1. The van der Waals surface area contributed by atoms with Gasteiger partial charge < -0.3 is 10.6 Å². The Morgan fingerprint density at radius 2 is 1.81 bits per heavy atom. The van der Waals surface area contributed by atoms with Gasteiger partial charge in [-0.25, -0.2) is 0 Å². The van der Waals surface area contributed by atoms with E-state index in [1.54, 1.807) is 0 Å². The molecule has 5 nitrogen and oxygen atoms in total. The van der Waals surface area contributed by atoms with Crippen molar-refractivity contribution in [2.24, 2.45) is 11.8 Å². The van der Waals surface area contributed by atoms with Crippen LogP contribution in [0.2, 0.25) is 0 Å². The van der Waals surface area contributed by atoms with E-state index in [0.29, 0.717) is 25.9 Å². The van der Waals surface area contributed by atoms with E-state index in [2.05, 4.69) is 46.7 Å². The first kappa shape index (κ1) is 19.9. The molecule has 5 heteroatoms. The van der Waals surface area contributed by atoms with E-state index in [-0.39, 0.29) is 17.7 Å². The molecule has 1 aromatic carbocycles. The molecule has 0 atom stereocenters. The molecule has 0 aromatic heterocycles. The van der Waals surface area contributed by atoms with Crippen LogP contribution in [0.4, 0.5) is 0 Å². The number of nitrogens with one attached hydrogen (secondary N) is 2. The molecule has 1 aromatic rings. The lowest BCUT2D eigenvalue weighted by molar-refractivity contribution is -0.123. The Balaban J connectivity index is 1.33. The molecule has 0 unspecified atom stereocenters. The van der Waals surface area contributed by atoms with Crippen molar-refractivity contribution in [1.82, 2.24) is 15.5 Å². The minimum absolute atomic E-state index is 0.0473. The maximum absolute atomic E-state index is 12.0. The van der Waals surface area contributed by atoms with Gasteiger partial charge in [-0.3, -0.25) is 14.5 Å². The summed E-state index contributed by atoms with van der Waals surface area (Å²) in [6.45, 7) is 6.85. The summed E-state index contributed by atoms with van der Waals surface area (Å²) < 4.78 is 0. The van der Waals surface area contributed by atoms with Gasteiger partial charge in [-0.05, 0) is 62.2 Å². The molecule has 148 valence electrons. The van der Waals surface area contributed by atoms with Crippen molar-refractivity contribution in [2.45, 2.75) is 58.5 Å². The molecule has 1 heterocycles. The van der Waals surface area contributed by atoms with Crippen molar-refractivity contribution in [1.29, 1.82) is 0 Å². The van der Waals surface area contributed by atoms with Gasteiger partial charge in [0.25, 0.3) is 0 Å². The summed E-state index contributed by atoms with van der Waals surface area (Å²) in [5.41, 5.74) is 2.47. The molecule has 0 spiro atoms. The molecule has 1 saturated heterocycles. The summed E-state index contributed by atoms with van der Waals surface area (Å²) in [4.78, 5) is 26.1. The number of rotatable bonds is 9. The first-order valence-electron chi connectivity index (χ1n) is 10.4. The second-order valence-electron chi connectivity index (χ2n) is 8.22. The number of amides is 2. The van der Waals surface area contributed by atoms with Crippen molar-refractivity contribution in [3.05, 3.63) is 35.4 Å². The maximum Gasteiger partial charge on any atom is 0.223 e. The third kappa shape index (κ3) is 6.98. The lowest BCUT2D eigenvalue weighted by Crippen LogP contribution is -2.32. The number of hydrogen-bond donors (Lipinski definition) is 2. The summed E-state index contributed by atoms with van der Waals surface area (Å²) in [6.07, 6.45) is 5.76. The van der Waals surface area contributed by atoms with Crippen LogP contribution >= 0.6 is 0 Å². The highest BCUT2D eigenvalue weighted by Gasteiger charge is 2.28. The normalized spacial score (nSPS) is 18.3. The minimum Gasteiger partial charge on any atom is -0.356 e. The number of hydrogen-bond acceptors (Lipinski definition) is 3. The van der Waals surface area contributed by atoms with Gasteiger partial charge in [0.1, 0.15) is 0 Å². The van der Waals surface area contributed by atoms with Crippen molar-refractivity contribution >= 4 is 11.8 Å². The monoisotopic (exact) mass is 371 g/mol. The van der Waals surface area contributed by atoms with Crippen LogP contribution in [0, 0.1) is 11.8 Å². The SMILES string of the molecule is CC1CCN(Cc2cccc(CNC(=O)CCCNC(=O)C3CC3)c2)CC1. The van der Waals surface area contributed by atoms with Crippen LogP contribution in [0.15, 0.2) is 24.3 Å². The van der Waals surface area contributed by atoms with Crippen LogP contribution in [0.5, 0.6) is 0 Å². The van der Waals surface area contributed by atoms with E-state index < -0.39 is 0 Å². The summed E-state index contributed by atoms with van der Waals surface area (Å²) in [5.74, 6) is 1.28. The minimum atomic E-state index is 0.0473. The molecular formula is C22H33N3O2. The Morgan fingerprint density at radius 1 is 1.07 bits per heavy atom. The van der Waals surface area contributed by atoms with Crippen LogP contribution in [0.25, 0.3) is 0 Å². The molecule has 3 rings (SSSR count). The highest BCUT2D eigenvalue weighted by atomic mass is 16.2. The molecule has 1 aliphatic carbocycles. The van der Waals surface area contributed by atoms with Crippen LogP contribution in [-0.2, 0) is 22.7 Å². The summed E-state index contributed by atoms with van der Waals surface area (Å²) >= 11 is 0. The third-order valence-corrected chi connectivity index (χ3v) is 5.59. The van der Waals surface area contributed by atoms with Crippen molar-refractivity contribution in [3.63, 3.8) is 0 Å². The van der Waals surface area contributed by atoms with Gasteiger partial charge in [0.15, 0.2) is 0 Å². The first-order valence-corrected chi connectivity index (χ1v) is 10.4. The van der Waals surface area contributed by atoms with E-state index in [9.17, 15) is 9.59 Å². The van der Waals surface area contributed by atoms with Crippen molar-refractivity contribution in [3.8, 4) is 0 Å². The summed E-state index contributed by atoms with van der Waals surface area (Å²) in [5, 5.41) is 5.89. The second kappa shape index (κ2) is 9.88. The number of carbonyl (C=O) groups is 2. The fraction of sp³-hybridized carbons (Fsp3) is 0.636. The van der Waals surface area contributed by atoms with Crippen LogP contribution in [0.1, 0.15) is 56.6 Å². The van der Waals surface area contributed by atoms with Crippen LogP contribution in [-0.4, -0.2) is 36.3 Å².